The van der Waals surface area contributed by atoms with Gasteiger partial charge in [0.15, 0.2) is 0 Å². The van der Waals surface area contributed by atoms with Crippen LogP contribution in [0.1, 0.15) is 13.3 Å². The molecule has 0 aromatic rings. The molecule has 0 radical (unpaired) electrons. The van der Waals surface area contributed by atoms with Crippen molar-refractivity contribution in [2.24, 2.45) is 0 Å². The summed E-state index contributed by atoms with van der Waals surface area (Å²) < 4.78 is 10.8. The molecule has 0 aromatic heterocycles. The molecule has 0 unspecified atom stereocenters. The minimum Gasteiger partial charge on any atom is -0.379 e. The Hall–Kier alpha value is -0.910. The summed E-state index contributed by atoms with van der Waals surface area (Å²) in [7, 11) is 0. The fourth-order valence-corrected chi connectivity index (χ4v) is 1.40. The summed E-state index contributed by atoms with van der Waals surface area (Å²) in [5.74, 6) is -0.0922. The predicted octanol–water partition coefficient (Wildman–Crippen LogP) is 0.0738. The fourth-order valence-electron chi connectivity index (χ4n) is 1.40. The van der Waals surface area contributed by atoms with Crippen LogP contribution in [-0.4, -0.2) is 51.0 Å². The minimum absolute atomic E-state index is 0.0922. The summed E-state index contributed by atoms with van der Waals surface area (Å²) in [5.41, 5.74) is -0.169. The number of ether oxygens (including phenoxy) is 2. The van der Waals surface area contributed by atoms with E-state index in [0.29, 0.717) is 19.8 Å². The Kier molecular flexibility index (Phi) is 6.18. The van der Waals surface area contributed by atoms with Gasteiger partial charge in [-0.3, -0.25) is 4.79 Å². The van der Waals surface area contributed by atoms with Crippen LogP contribution in [0.3, 0.4) is 0 Å². The lowest BCUT2D eigenvalue weighted by Gasteiger charge is -2.38. The molecule has 0 bridgehead atoms. The van der Waals surface area contributed by atoms with Crippen LogP contribution in [0, 0.1) is 0 Å². The maximum atomic E-state index is 11.4. The molecule has 1 amide bonds. The number of nitrogens with one attached hydrogen (secondary N) is 2. The number of hydrogen-bond acceptors (Lipinski definition) is 4. The highest BCUT2D eigenvalue weighted by Gasteiger charge is 2.32. The third-order valence-corrected chi connectivity index (χ3v) is 2.58. The van der Waals surface area contributed by atoms with Gasteiger partial charge in [-0.15, -0.1) is 6.58 Å². The molecular formula is C12H22N2O3. The first-order valence-electron chi connectivity index (χ1n) is 5.96. The Morgan fingerprint density at radius 3 is 2.88 bits per heavy atom. The summed E-state index contributed by atoms with van der Waals surface area (Å²) in [5, 5.41) is 5.86. The highest BCUT2D eigenvalue weighted by molar-refractivity contribution is 5.77. The smallest absolute Gasteiger partial charge is 0.246 e. The Morgan fingerprint density at radius 1 is 1.53 bits per heavy atom. The van der Waals surface area contributed by atoms with Crippen LogP contribution >= 0.6 is 0 Å². The van der Waals surface area contributed by atoms with E-state index in [9.17, 15) is 4.79 Å². The van der Waals surface area contributed by atoms with E-state index in [4.69, 9.17) is 9.47 Å². The molecule has 1 aliphatic heterocycles. The van der Waals surface area contributed by atoms with E-state index >= 15 is 0 Å². The molecule has 1 rings (SSSR count). The normalized spacial score (nSPS) is 17.2. The lowest BCUT2D eigenvalue weighted by molar-refractivity contribution is -0.136. The fraction of sp³-hybridized carbons (Fsp3) is 0.750. The average molecular weight is 242 g/mol. The first-order valence-corrected chi connectivity index (χ1v) is 5.96. The zero-order chi connectivity index (χ0) is 12.6. The van der Waals surface area contributed by atoms with Crippen molar-refractivity contribution in [1.82, 2.24) is 10.6 Å². The molecule has 5 nitrogen and oxygen atoms in total. The van der Waals surface area contributed by atoms with Gasteiger partial charge in [-0.2, -0.15) is 0 Å². The molecule has 1 saturated heterocycles. The maximum Gasteiger partial charge on any atom is 0.246 e. The van der Waals surface area contributed by atoms with Gasteiger partial charge in [-0.05, 0) is 13.3 Å². The quantitative estimate of drug-likeness (QED) is 0.444. The van der Waals surface area contributed by atoms with E-state index in [2.05, 4.69) is 17.2 Å². The molecule has 0 saturated carbocycles. The molecule has 98 valence electrons. The molecule has 0 spiro atoms. The van der Waals surface area contributed by atoms with Gasteiger partial charge in [0.2, 0.25) is 5.91 Å². The van der Waals surface area contributed by atoms with E-state index in [1.165, 1.54) is 0 Å². The number of hydrogen-bond donors (Lipinski definition) is 2. The zero-order valence-corrected chi connectivity index (χ0v) is 10.5. The van der Waals surface area contributed by atoms with Crippen molar-refractivity contribution in [3.63, 3.8) is 0 Å². The summed E-state index contributed by atoms with van der Waals surface area (Å²) in [4.78, 5) is 11.4. The molecule has 1 aliphatic rings. The van der Waals surface area contributed by atoms with E-state index in [1.807, 2.05) is 6.92 Å². The number of carbonyl (C=O) groups is 1. The SMILES string of the molecule is C=CCCOCCNC(=O)COC1(C)CNC1. The maximum absolute atomic E-state index is 11.4. The van der Waals surface area contributed by atoms with Gasteiger partial charge in [0.05, 0.1) is 18.8 Å². The van der Waals surface area contributed by atoms with Crippen LogP contribution in [0.4, 0.5) is 0 Å². The number of rotatable bonds is 9. The van der Waals surface area contributed by atoms with E-state index < -0.39 is 0 Å². The molecule has 5 heteroatoms. The van der Waals surface area contributed by atoms with Crippen LogP contribution in [0.15, 0.2) is 12.7 Å². The summed E-state index contributed by atoms with van der Waals surface area (Å²) in [6.07, 6.45) is 2.64. The Labute approximate surface area is 103 Å². The van der Waals surface area contributed by atoms with E-state index in [-0.39, 0.29) is 18.1 Å². The second-order valence-electron chi connectivity index (χ2n) is 4.38. The van der Waals surface area contributed by atoms with Crippen molar-refractivity contribution >= 4 is 5.91 Å². The topological polar surface area (TPSA) is 59.6 Å². The number of amides is 1. The Morgan fingerprint density at radius 2 is 2.29 bits per heavy atom. The van der Waals surface area contributed by atoms with E-state index in [1.54, 1.807) is 6.08 Å². The Balaban J connectivity index is 1.92. The van der Waals surface area contributed by atoms with Gasteiger partial charge in [-0.1, -0.05) is 6.08 Å². The van der Waals surface area contributed by atoms with Gasteiger partial charge in [0.25, 0.3) is 0 Å². The lowest BCUT2D eigenvalue weighted by Crippen LogP contribution is -2.59. The van der Waals surface area contributed by atoms with Crippen molar-refractivity contribution in [2.45, 2.75) is 18.9 Å². The average Bonchev–Trinajstić information content (AvgIpc) is 2.28. The zero-order valence-electron chi connectivity index (χ0n) is 10.5. The highest BCUT2D eigenvalue weighted by Crippen LogP contribution is 2.14. The predicted molar refractivity (Wildman–Crippen MR) is 65.9 cm³/mol. The molecule has 17 heavy (non-hydrogen) atoms. The van der Waals surface area contributed by atoms with E-state index in [0.717, 1.165) is 19.5 Å². The number of carbonyl (C=O) groups excluding carboxylic acids is 1. The molecule has 0 aromatic carbocycles. The second kappa shape index (κ2) is 7.42. The Bertz CT molecular complexity index is 252. The van der Waals surface area contributed by atoms with Crippen LogP contribution in [0.25, 0.3) is 0 Å². The summed E-state index contributed by atoms with van der Waals surface area (Å²) >= 11 is 0. The summed E-state index contributed by atoms with van der Waals surface area (Å²) in [6, 6.07) is 0. The minimum atomic E-state index is -0.169. The lowest BCUT2D eigenvalue weighted by atomic mass is 10.0. The van der Waals surface area contributed by atoms with Crippen LogP contribution in [0.5, 0.6) is 0 Å². The first-order chi connectivity index (χ1) is 8.16. The van der Waals surface area contributed by atoms with Gasteiger partial charge < -0.3 is 20.1 Å². The van der Waals surface area contributed by atoms with Crippen LogP contribution < -0.4 is 10.6 Å². The van der Waals surface area contributed by atoms with Crippen molar-refractivity contribution < 1.29 is 14.3 Å². The summed E-state index contributed by atoms with van der Waals surface area (Å²) in [6.45, 7) is 9.03. The van der Waals surface area contributed by atoms with Crippen LogP contribution in [0.2, 0.25) is 0 Å². The van der Waals surface area contributed by atoms with Gasteiger partial charge in [0, 0.05) is 19.6 Å². The molecule has 1 fully saturated rings. The van der Waals surface area contributed by atoms with Crippen molar-refractivity contribution in [3.05, 3.63) is 12.7 Å². The molecule has 0 atom stereocenters. The van der Waals surface area contributed by atoms with Gasteiger partial charge in [-0.25, -0.2) is 0 Å². The second-order valence-corrected chi connectivity index (χ2v) is 4.38. The third-order valence-electron chi connectivity index (χ3n) is 2.58. The molecular weight excluding hydrogens is 220 g/mol. The molecule has 1 heterocycles. The third kappa shape index (κ3) is 5.81. The van der Waals surface area contributed by atoms with Gasteiger partial charge >= 0.3 is 0 Å². The largest absolute Gasteiger partial charge is 0.379 e. The molecule has 0 aliphatic carbocycles. The van der Waals surface area contributed by atoms with Crippen molar-refractivity contribution in [3.8, 4) is 0 Å². The monoisotopic (exact) mass is 242 g/mol. The van der Waals surface area contributed by atoms with Crippen LogP contribution in [-0.2, 0) is 14.3 Å². The van der Waals surface area contributed by atoms with Crippen molar-refractivity contribution in [1.29, 1.82) is 0 Å². The van der Waals surface area contributed by atoms with Gasteiger partial charge in [0.1, 0.15) is 6.61 Å². The van der Waals surface area contributed by atoms with Crippen molar-refractivity contribution in [2.75, 3.05) is 39.5 Å². The molecule has 2 N–H and O–H groups in total. The first kappa shape index (κ1) is 14.2. The standard InChI is InChI=1S/C12H22N2O3/c1-3-4-6-16-7-5-14-11(15)8-17-12(2)9-13-10-12/h3,13H,1,4-10H2,2H3,(H,14,15). The highest BCUT2D eigenvalue weighted by atomic mass is 16.5.